The molecule has 1 aromatic heterocycles. The molecule has 1 aromatic rings. The second kappa shape index (κ2) is 5.98. The first kappa shape index (κ1) is 16.3. The van der Waals surface area contributed by atoms with Crippen molar-refractivity contribution in [2.75, 3.05) is 13.2 Å². The van der Waals surface area contributed by atoms with E-state index in [0.29, 0.717) is 0 Å². The second-order valence-electron chi connectivity index (χ2n) is 4.88. The smallest absolute Gasteiger partial charge is 0.422 e. The molecule has 6 nitrogen and oxygen atoms in total. The Bertz CT molecular complexity index is 591. The molecule has 122 valence electrons. The van der Waals surface area contributed by atoms with Gasteiger partial charge in [-0.05, 0) is 19.8 Å². The maximum Gasteiger partial charge on any atom is 0.422 e. The van der Waals surface area contributed by atoms with E-state index in [-0.39, 0.29) is 18.3 Å². The number of Topliss-reactive ketones (excluding diaryl/α,β-unsaturated/α-hetero) is 1. The van der Waals surface area contributed by atoms with Crippen LogP contribution in [0.3, 0.4) is 0 Å². The minimum atomic E-state index is -4.60. The molecular formula is C13H15F3N2O4. The zero-order valence-electron chi connectivity index (χ0n) is 12.1. The van der Waals surface area contributed by atoms with Crippen molar-refractivity contribution < 1.29 is 32.2 Å². The summed E-state index contributed by atoms with van der Waals surface area (Å²) in [6, 6.07) is -0.102. The summed E-state index contributed by atoms with van der Waals surface area (Å²) < 4.78 is 47.9. The Kier molecular flexibility index (Phi) is 4.43. The highest BCUT2D eigenvalue weighted by Gasteiger charge is 2.37. The molecular weight excluding hydrogens is 305 g/mol. The Labute approximate surface area is 124 Å². The van der Waals surface area contributed by atoms with Gasteiger partial charge in [-0.2, -0.15) is 18.3 Å². The minimum absolute atomic E-state index is 0.0310. The van der Waals surface area contributed by atoms with Crippen molar-refractivity contribution in [3.8, 4) is 5.75 Å². The van der Waals surface area contributed by atoms with Crippen LogP contribution in [0.25, 0.3) is 0 Å². The molecule has 0 N–H and O–H groups in total. The number of esters is 1. The molecule has 9 heteroatoms. The predicted octanol–water partition coefficient (Wildman–Crippen LogP) is 2.54. The maximum atomic E-state index is 12.4. The zero-order chi connectivity index (χ0) is 16.5. The van der Waals surface area contributed by atoms with Gasteiger partial charge in [-0.15, -0.1) is 0 Å². The van der Waals surface area contributed by atoms with Crippen LogP contribution in [0.1, 0.15) is 53.7 Å². The van der Waals surface area contributed by atoms with Crippen molar-refractivity contribution in [1.82, 2.24) is 9.78 Å². The van der Waals surface area contributed by atoms with Crippen molar-refractivity contribution in [3.63, 3.8) is 0 Å². The molecule has 1 aliphatic rings. The number of ketones is 1. The molecule has 1 saturated carbocycles. The third-order valence-electron chi connectivity index (χ3n) is 2.94. The predicted molar refractivity (Wildman–Crippen MR) is 68.0 cm³/mol. The van der Waals surface area contributed by atoms with Crippen molar-refractivity contribution in [3.05, 3.63) is 11.4 Å². The highest BCUT2D eigenvalue weighted by atomic mass is 19.4. The molecule has 0 aromatic carbocycles. The van der Waals surface area contributed by atoms with Gasteiger partial charge in [0.2, 0.25) is 5.69 Å². The number of nitrogens with zero attached hydrogens (tertiary/aromatic N) is 2. The Balaban J connectivity index is 2.44. The first-order chi connectivity index (χ1) is 10.2. The lowest BCUT2D eigenvalue weighted by Gasteiger charge is -2.10. The van der Waals surface area contributed by atoms with Crippen LogP contribution in [0.4, 0.5) is 13.2 Å². The number of alkyl halides is 3. The molecule has 1 fully saturated rings. The molecule has 0 bridgehead atoms. The molecule has 2 rings (SSSR count). The Morgan fingerprint density at radius 2 is 2.00 bits per heavy atom. The zero-order valence-corrected chi connectivity index (χ0v) is 12.1. The first-order valence-electron chi connectivity index (χ1n) is 6.74. The van der Waals surface area contributed by atoms with E-state index in [1.165, 1.54) is 11.6 Å². The van der Waals surface area contributed by atoms with Gasteiger partial charge in [-0.25, -0.2) is 4.79 Å². The molecule has 0 aliphatic heterocycles. The normalized spacial score (nSPS) is 14.8. The van der Waals surface area contributed by atoms with Crippen molar-refractivity contribution >= 4 is 11.8 Å². The van der Waals surface area contributed by atoms with Crippen LogP contribution in [-0.2, 0) is 4.74 Å². The molecule has 0 amide bonds. The van der Waals surface area contributed by atoms with Crippen LogP contribution in [0.2, 0.25) is 0 Å². The summed E-state index contributed by atoms with van der Waals surface area (Å²) in [5.41, 5.74) is -0.530. The van der Waals surface area contributed by atoms with E-state index in [2.05, 4.69) is 5.10 Å². The summed E-state index contributed by atoms with van der Waals surface area (Å²) in [5, 5.41) is 3.94. The van der Waals surface area contributed by atoms with Gasteiger partial charge in [0.25, 0.3) is 0 Å². The minimum Gasteiger partial charge on any atom is -0.479 e. The lowest BCUT2D eigenvalue weighted by atomic mass is 10.2. The fraction of sp³-hybridized carbons (Fsp3) is 0.615. The summed E-state index contributed by atoms with van der Waals surface area (Å²) in [6.07, 6.45) is -3.12. The molecule has 0 atom stereocenters. The van der Waals surface area contributed by atoms with Crippen LogP contribution in [0, 0.1) is 0 Å². The van der Waals surface area contributed by atoms with Gasteiger partial charge in [-0.3, -0.25) is 9.48 Å². The van der Waals surface area contributed by atoms with Gasteiger partial charge in [0.05, 0.1) is 12.6 Å². The maximum absolute atomic E-state index is 12.4. The third kappa shape index (κ3) is 3.58. The van der Waals surface area contributed by atoms with Gasteiger partial charge < -0.3 is 9.47 Å². The van der Waals surface area contributed by atoms with Crippen LogP contribution < -0.4 is 4.74 Å². The standard InChI is InChI=1S/C13H15F3N2O4/c1-3-21-12(20)9-11(22-6-13(14,15)16)10(7(2)19)18(17-9)8-4-5-8/h8H,3-6H2,1-2H3. The van der Waals surface area contributed by atoms with E-state index in [4.69, 9.17) is 9.47 Å². The first-order valence-corrected chi connectivity index (χ1v) is 6.74. The van der Waals surface area contributed by atoms with E-state index in [0.717, 1.165) is 12.8 Å². The molecule has 22 heavy (non-hydrogen) atoms. The fourth-order valence-electron chi connectivity index (χ4n) is 1.95. The Morgan fingerprint density at radius 1 is 1.36 bits per heavy atom. The molecule has 0 saturated heterocycles. The van der Waals surface area contributed by atoms with E-state index in [1.54, 1.807) is 6.92 Å². The topological polar surface area (TPSA) is 70.4 Å². The second-order valence-corrected chi connectivity index (χ2v) is 4.88. The molecule has 0 spiro atoms. The quantitative estimate of drug-likeness (QED) is 0.595. The lowest BCUT2D eigenvalue weighted by Crippen LogP contribution is -2.21. The van der Waals surface area contributed by atoms with Crippen LogP contribution in [-0.4, -0.2) is 40.9 Å². The number of aromatic nitrogens is 2. The average molecular weight is 320 g/mol. The summed E-state index contributed by atoms with van der Waals surface area (Å²) >= 11 is 0. The van der Waals surface area contributed by atoms with Gasteiger partial charge in [0.15, 0.2) is 18.1 Å². The van der Waals surface area contributed by atoms with Gasteiger partial charge in [-0.1, -0.05) is 0 Å². The lowest BCUT2D eigenvalue weighted by molar-refractivity contribution is -0.153. The average Bonchev–Trinajstić information content (AvgIpc) is 3.16. The number of carbonyl (C=O) groups is 2. The third-order valence-corrected chi connectivity index (χ3v) is 2.94. The number of halogens is 3. The number of hydrogen-bond donors (Lipinski definition) is 0. The highest BCUT2D eigenvalue weighted by molar-refractivity contribution is 6.00. The summed E-state index contributed by atoms with van der Waals surface area (Å²) in [5.74, 6) is -1.90. The van der Waals surface area contributed by atoms with E-state index >= 15 is 0 Å². The molecule has 0 radical (unpaired) electrons. The van der Waals surface area contributed by atoms with Crippen LogP contribution in [0.5, 0.6) is 5.75 Å². The number of ether oxygens (including phenoxy) is 2. The van der Waals surface area contributed by atoms with Crippen molar-refractivity contribution in [2.45, 2.75) is 38.9 Å². The largest absolute Gasteiger partial charge is 0.479 e. The van der Waals surface area contributed by atoms with E-state index < -0.39 is 36.0 Å². The summed E-state index contributed by atoms with van der Waals surface area (Å²) in [4.78, 5) is 23.6. The number of hydrogen-bond acceptors (Lipinski definition) is 5. The molecule has 1 aliphatic carbocycles. The van der Waals surface area contributed by atoms with Crippen LogP contribution in [0.15, 0.2) is 0 Å². The SMILES string of the molecule is CCOC(=O)c1nn(C2CC2)c(C(C)=O)c1OCC(F)(F)F. The van der Waals surface area contributed by atoms with Gasteiger partial charge in [0.1, 0.15) is 5.69 Å². The summed E-state index contributed by atoms with van der Waals surface area (Å²) in [6.45, 7) is 1.16. The van der Waals surface area contributed by atoms with E-state index in [9.17, 15) is 22.8 Å². The number of rotatable bonds is 6. The monoisotopic (exact) mass is 320 g/mol. The van der Waals surface area contributed by atoms with Gasteiger partial charge >= 0.3 is 12.1 Å². The van der Waals surface area contributed by atoms with Crippen LogP contribution >= 0.6 is 0 Å². The Morgan fingerprint density at radius 3 is 2.45 bits per heavy atom. The van der Waals surface area contributed by atoms with E-state index in [1.807, 2.05) is 0 Å². The van der Waals surface area contributed by atoms with Crippen molar-refractivity contribution in [1.29, 1.82) is 0 Å². The fourth-order valence-corrected chi connectivity index (χ4v) is 1.95. The van der Waals surface area contributed by atoms with Gasteiger partial charge in [0, 0.05) is 6.92 Å². The van der Waals surface area contributed by atoms with Crippen molar-refractivity contribution in [2.24, 2.45) is 0 Å². The Hall–Kier alpha value is -2.06. The number of carbonyl (C=O) groups excluding carboxylic acids is 2. The molecule has 0 unspecified atom stereocenters. The molecule has 1 heterocycles. The highest BCUT2D eigenvalue weighted by Crippen LogP contribution is 2.39. The summed E-state index contributed by atoms with van der Waals surface area (Å²) in [7, 11) is 0.